The van der Waals surface area contributed by atoms with Crippen LogP contribution < -0.4 is 0 Å². The smallest absolute Gasteiger partial charge is 0.302 e. The lowest BCUT2D eigenvalue weighted by Crippen LogP contribution is -2.10. The first kappa shape index (κ1) is 16.0. The Kier molecular flexibility index (Phi) is 10.7. The van der Waals surface area contributed by atoms with Gasteiger partial charge in [-0.2, -0.15) is 0 Å². The minimum Gasteiger partial charge on any atom is -0.463 e. The molecule has 0 aliphatic carbocycles. The molecule has 0 amide bonds. The normalized spacial score (nSPS) is 13.4. The standard InChI is InChI=1S/C15H26O2/c1-4-5-6-7-8-9-10-11-12-13-14(2)17-15(3)16/h7-8,11-12,14H,4-6,9-10,13H2,1-3H3/b8-7+,12-11+. The average molecular weight is 238 g/mol. The van der Waals surface area contributed by atoms with Crippen molar-refractivity contribution in [2.45, 2.75) is 65.4 Å². The van der Waals surface area contributed by atoms with Crippen molar-refractivity contribution < 1.29 is 9.53 Å². The van der Waals surface area contributed by atoms with Crippen LogP contribution in [-0.4, -0.2) is 12.1 Å². The van der Waals surface area contributed by atoms with Crippen molar-refractivity contribution in [3.05, 3.63) is 24.3 Å². The molecule has 0 bridgehead atoms. The van der Waals surface area contributed by atoms with Gasteiger partial charge in [-0.15, -0.1) is 0 Å². The summed E-state index contributed by atoms with van der Waals surface area (Å²) in [5.74, 6) is -0.204. The summed E-state index contributed by atoms with van der Waals surface area (Å²) in [4.78, 5) is 10.7. The monoisotopic (exact) mass is 238 g/mol. The highest BCUT2D eigenvalue weighted by Gasteiger charge is 2.01. The zero-order valence-corrected chi connectivity index (χ0v) is 11.4. The zero-order chi connectivity index (χ0) is 12.9. The van der Waals surface area contributed by atoms with Gasteiger partial charge in [0.25, 0.3) is 0 Å². The van der Waals surface area contributed by atoms with Crippen LogP contribution >= 0.6 is 0 Å². The topological polar surface area (TPSA) is 26.3 Å². The Morgan fingerprint density at radius 2 is 1.71 bits per heavy atom. The molecule has 1 unspecified atom stereocenters. The second-order valence-corrected chi connectivity index (χ2v) is 4.32. The van der Waals surface area contributed by atoms with Gasteiger partial charge in [-0.1, -0.05) is 44.1 Å². The summed E-state index contributed by atoms with van der Waals surface area (Å²) in [6.07, 6.45) is 15.5. The van der Waals surface area contributed by atoms with Gasteiger partial charge in [-0.05, 0) is 26.2 Å². The van der Waals surface area contributed by atoms with Gasteiger partial charge in [-0.3, -0.25) is 4.79 Å². The van der Waals surface area contributed by atoms with Crippen molar-refractivity contribution in [3.63, 3.8) is 0 Å². The maximum Gasteiger partial charge on any atom is 0.302 e. The summed E-state index contributed by atoms with van der Waals surface area (Å²) in [5, 5.41) is 0. The maximum atomic E-state index is 10.7. The second kappa shape index (κ2) is 11.4. The van der Waals surface area contributed by atoms with Gasteiger partial charge in [0, 0.05) is 13.3 Å². The highest BCUT2D eigenvalue weighted by Crippen LogP contribution is 2.02. The van der Waals surface area contributed by atoms with Gasteiger partial charge in [0.15, 0.2) is 0 Å². The Morgan fingerprint density at radius 3 is 2.29 bits per heavy atom. The molecule has 0 radical (unpaired) electrons. The number of ether oxygens (including phenoxy) is 1. The number of hydrogen-bond acceptors (Lipinski definition) is 2. The third kappa shape index (κ3) is 12.9. The van der Waals surface area contributed by atoms with E-state index in [4.69, 9.17) is 4.74 Å². The summed E-state index contributed by atoms with van der Waals surface area (Å²) in [6.45, 7) is 5.57. The lowest BCUT2D eigenvalue weighted by atomic mass is 10.2. The molecule has 17 heavy (non-hydrogen) atoms. The van der Waals surface area contributed by atoms with Crippen LogP contribution in [0, 0.1) is 0 Å². The number of esters is 1. The molecule has 0 saturated carbocycles. The number of rotatable bonds is 9. The van der Waals surface area contributed by atoms with E-state index in [0.717, 1.165) is 19.3 Å². The highest BCUT2D eigenvalue weighted by molar-refractivity contribution is 5.66. The number of allylic oxidation sites excluding steroid dienone is 3. The lowest BCUT2D eigenvalue weighted by molar-refractivity contribution is -0.145. The number of unbranched alkanes of at least 4 members (excludes halogenated alkanes) is 3. The van der Waals surface area contributed by atoms with E-state index in [2.05, 4.69) is 31.2 Å². The van der Waals surface area contributed by atoms with Gasteiger partial charge in [0.05, 0.1) is 0 Å². The Morgan fingerprint density at radius 1 is 1.12 bits per heavy atom. The largest absolute Gasteiger partial charge is 0.463 e. The molecule has 0 aromatic carbocycles. The van der Waals surface area contributed by atoms with E-state index < -0.39 is 0 Å². The van der Waals surface area contributed by atoms with E-state index >= 15 is 0 Å². The molecule has 0 rings (SSSR count). The Labute approximate surface area is 106 Å². The van der Waals surface area contributed by atoms with Crippen LogP contribution in [0.2, 0.25) is 0 Å². The minimum absolute atomic E-state index is 0.0103. The van der Waals surface area contributed by atoms with E-state index in [-0.39, 0.29) is 12.1 Å². The van der Waals surface area contributed by atoms with Crippen molar-refractivity contribution in [2.75, 3.05) is 0 Å². The Hall–Kier alpha value is -1.05. The fraction of sp³-hybridized carbons (Fsp3) is 0.667. The third-order valence-corrected chi connectivity index (χ3v) is 2.39. The number of carbonyl (C=O) groups excluding carboxylic acids is 1. The van der Waals surface area contributed by atoms with Crippen molar-refractivity contribution >= 4 is 5.97 Å². The molecule has 0 heterocycles. The molecule has 0 N–H and O–H groups in total. The van der Waals surface area contributed by atoms with Crippen LogP contribution in [0.1, 0.15) is 59.3 Å². The zero-order valence-electron chi connectivity index (χ0n) is 11.4. The summed E-state index contributed by atoms with van der Waals surface area (Å²) in [7, 11) is 0. The number of hydrogen-bond donors (Lipinski definition) is 0. The summed E-state index contributed by atoms with van der Waals surface area (Å²) in [5.41, 5.74) is 0. The highest BCUT2D eigenvalue weighted by atomic mass is 16.5. The molecule has 2 heteroatoms. The fourth-order valence-electron chi connectivity index (χ4n) is 1.49. The molecular formula is C15H26O2. The van der Waals surface area contributed by atoms with E-state index in [1.54, 1.807) is 0 Å². The van der Waals surface area contributed by atoms with Gasteiger partial charge >= 0.3 is 5.97 Å². The molecule has 0 saturated heterocycles. The molecule has 2 nitrogen and oxygen atoms in total. The molecule has 0 aromatic rings. The van der Waals surface area contributed by atoms with E-state index in [1.165, 1.54) is 26.2 Å². The molecule has 0 spiro atoms. The van der Waals surface area contributed by atoms with Crippen LogP contribution in [0.5, 0.6) is 0 Å². The van der Waals surface area contributed by atoms with Crippen LogP contribution in [-0.2, 0) is 9.53 Å². The predicted octanol–water partition coefficient (Wildman–Crippen LogP) is 4.41. The molecule has 0 aliphatic rings. The summed E-state index contributed by atoms with van der Waals surface area (Å²) < 4.78 is 5.02. The molecule has 0 aromatic heterocycles. The fourth-order valence-corrected chi connectivity index (χ4v) is 1.49. The molecule has 0 fully saturated rings. The van der Waals surface area contributed by atoms with Gasteiger partial charge in [-0.25, -0.2) is 0 Å². The third-order valence-electron chi connectivity index (χ3n) is 2.39. The van der Waals surface area contributed by atoms with Crippen molar-refractivity contribution in [2.24, 2.45) is 0 Å². The molecule has 1 atom stereocenters. The Bertz CT molecular complexity index is 241. The van der Waals surface area contributed by atoms with Crippen molar-refractivity contribution in [1.82, 2.24) is 0 Å². The van der Waals surface area contributed by atoms with Gasteiger partial charge in [0.2, 0.25) is 0 Å². The minimum atomic E-state index is -0.204. The van der Waals surface area contributed by atoms with E-state index in [9.17, 15) is 4.79 Å². The summed E-state index contributed by atoms with van der Waals surface area (Å²) >= 11 is 0. The lowest BCUT2D eigenvalue weighted by Gasteiger charge is -2.07. The quantitative estimate of drug-likeness (QED) is 0.338. The van der Waals surface area contributed by atoms with Gasteiger partial charge < -0.3 is 4.74 Å². The molecular weight excluding hydrogens is 212 g/mol. The number of carbonyl (C=O) groups is 1. The summed E-state index contributed by atoms with van der Waals surface area (Å²) in [6, 6.07) is 0. The van der Waals surface area contributed by atoms with Crippen LogP contribution in [0.4, 0.5) is 0 Å². The second-order valence-electron chi connectivity index (χ2n) is 4.32. The Balaban J connectivity index is 3.42. The SMILES string of the molecule is CCCC/C=C/CC/C=C/CC(C)OC(C)=O. The van der Waals surface area contributed by atoms with Crippen LogP contribution in [0.25, 0.3) is 0 Å². The van der Waals surface area contributed by atoms with Crippen LogP contribution in [0.15, 0.2) is 24.3 Å². The molecule has 98 valence electrons. The predicted molar refractivity (Wildman–Crippen MR) is 72.9 cm³/mol. The van der Waals surface area contributed by atoms with Crippen molar-refractivity contribution in [1.29, 1.82) is 0 Å². The van der Waals surface area contributed by atoms with E-state index in [1.807, 2.05) is 6.92 Å². The average Bonchev–Trinajstić information content (AvgIpc) is 2.26. The van der Waals surface area contributed by atoms with Gasteiger partial charge in [0.1, 0.15) is 6.10 Å². The van der Waals surface area contributed by atoms with Crippen LogP contribution in [0.3, 0.4) is 0 Å². The molecule has 0 aliphatic heterocycles. The first-order chi connectivity index (χ1) is 8.16. The maximum absolute atomic E-state index is 10.7. The first-order valence-corrected chi connectivity index (χ1v) is 6.64. The first-order valence-electron chi connectivity index (χ1n) is 6.64. The van der Waals surface area contributed by atoms with Crippen molar-refractivity contribution in [3.8, 4) is 0 Å². The van der Waals surface area contributed by atoms with E-state index in [0.29, 0.717) is 0 Å².